The monoisotopic (exact) mass is 325 g/mol. The van der Waals surface area contributed by atoms with Crippen molar-refractivity contribution in [2.75, 3.05) is 37.6 Å². The van der Waals surface area contributed by atoms with E-state index in [1.807, 2.05) is 23.0 Å². The highest BCUT2D eigenvalue weighted by Gasteiger charge is 2.17. The van der Waals surface area contributed by atoms with Crippen LogP contribution in [0.5, 0.6) is 0 Å². The summed E-state index contributed by atoms with van der Waals surface area (Å²) in [4.78, 5) is 9.09. The van der Waals surface area contributed by atoms with E-state index in [4.69, 9.17) is 23.2 Å². The van der Waals surface area contributed by atoms with Gasteiger partial charge >= 0.3 is 0 Å². The summed E-state index contributed by atoms with van der Waals surface area (Å²) in [5.74, 6) is 0.998. The normalized spacial score (nSPS) is 16.4. The van der Waals surface area contributed by atoms with Crippen LogP contribution in [-0.4, -0.2) is 52.4 Å². The molecule has 0 aliphatic carbocycles. The van der Waals surface area contributed by atoms with Gasteiger partial charge in [-0.3, -0.25) is 9.58 Å². The number of hydrogen-bond acceptors (Lipinski definition) is 4. The first-order valence-corrected chi connectivity index (χ1v) is 7.73. The molecular formula is C14H17Cl2N5. The van der Waals surface area contributed by atoms with Crippen molar-refractivity contribution in [2.24, 2.45) is 0 Å². The molecule has 0 unspecified atom stereocenters. The van der Waals surface area contributed by atoms with Gasteiger partial charge in [-0.1, -0.05) is 23.2 Å². The zero-order chi connectivity index (χ0) is 14.7. The molecule has 0 amide bonds. The van der Waals surface area contributed by atoms with E-state index in [-0.39, 0.29) is 0 Å². The number of halogens is 2. The molecule has 2 aromatic heterocycles. The van der Waals surface area contributed by atoms with Gasteiger partial charge in [0, 0.05) is 45.1 Å². The standard InChI is InChI=1S/C14H17Cl2N5/c15-12-1-2-14(17-9-12)20-6-3-19(4-7-20)5-8-21-11-13(16)10-18-21/h1-2,9-11H,3-8H2. The summed E-state index contributed by atoms with van der Waals surface area (Å²) in [6, 6.07) is 3.86. The van der Waals surface area contributed by atoms with E-state index in [1.54, 1.807) is 12.4 Å². The third kappa shape index (κ3) is 3.87. The highest BCUT2D eigenvalue weighted by molar-refractivity contribution is 6.30. The zero-order valence-corrected chi connectivity index (χ0v) is 13.1. The minimum atomic E-state index is 0.676. The molecule has 0 radical (unpaired) electrons. The van der Waals surface area contributed by atoms with E-state index in [1.165, 1.54) is 0 Å². The molecule has 1 aliphatic rings. The number of piperazine rings is 1. The second-order valence-corrected chi connectivity index (χ2v) is 5.96. The molecule has 5 nitrogen and oxygen atoms in total. The molecule has 112 valence electrons. The van der Waals surface area contributed by atoms with Crippen LogP contribution in [0.25, 0.3) is 0 Å². The summed E-state index contributed by atoms with van der Waals surface area (Å²) >= 11 is 11.7. The van der Waals surface area contributed by atoms with Gasteiger partial charge in [-0.15, -0.1) is 0 Å². The van der Waals surface area contributed by atoms with Gasteiger partial charge in [0.2, 0.25) is 0 Å². The molecule has 0 bridgehead atoms. The van der Waals surface area contributed by atoms with Crippen molar-refractivity contribution < 1.29 is 0 Å². The predicted molar refractivity (Wildman–Crippen MR) is 85.1 cm³/mol. The Kier molecular flexibility index (Phi) is 4.63. The van der Waals surface area contributed by atoms with E-state index in [9.17, 15) is 0 Å². The van der Waals surface area contributed by atoms with E-state index in [0.717, 1.165) is 45.1 Å². The van der Waals surface area contributed by atoms with Crippen molar-refractivity contribution in [3.8, 4) is 0 Å². The number of nitrogens with zero attached hydrogens (tertiary/aromatic N) is 5. The van der Waals surface area contributed by atoms with Gasteiger partial charge in [0.1, 0.15) is 5.82 Å². The lowest BCUT2D eigenvalue weighted by atomic mass is 10.3. The van der Waals surface area contributed by atoms with Gasteiger partial charge in [-0.2, -0.15) is 5.10 Å². The second kappa shape index (κ2) is 6.64. The molecule has 0 aromatic carbocycles. The topological polar surface area (TPSA) is 37.2 Å². The molecule has 0 N–H and O–H groups in total. The quantitative estimate of drug-likeness (QED) is 0.865. The third-order valence-corrected chi connectivity index (χ3v) is 4.07. The molecule has 3 heterocycles. The van der Waals surface area contributed by atoms with Crippen molar-refractivity contribution in [1.82, 2.24) is 19.7 Å². The number of anilines is 1. The van der Waals surface area contributed by atoms with Crippen molar-refractivity contribution in [1.29, 1.82) is 0 Å². The van der Waals surface area contributed by atoms with Gasteiger partial charge in [0.05, 0.1) is 22.8 Å². The molecular weight excluding hydrogens is 309 g/mol. The van der Waals surface area contributed by atoms with Crippen LogP contribution in [0, 0.1) is 0 Å². The molecule has 7 heteroatoms. The van der Waals surface area contributed by atoms with Crippen molar-refractivity contribution in [2.45, 2.75) is 6.54 Å². The van der Waals surface area contributed by atoms with Gasteiger partial charge in [0.15, 0.2) is 0 Å². The van der Waals surface area contributed by atoms with Crippen LogP contribution in [0.3, 0.4) is 0 Å². The average molecular weight is 326 g/mol. The Labute approximate surface area is 134 Å². The number of aromatic nitrogens is 3. The van der Waals surface area contributed by atoms with Crippen molar-refractivity contribution in [3.63, 3.8) is 0 Å². The third-order valence-electron chi connectivity index (χ3n) is 3.66. The van der Waals surface area contributed by atoms with E-state index >= 15 is 0 Å². The molecule has 2 aromatic rings. The molecule has 3 rings (SSSR count). The van der Waals surface area contributed by atoms with Crippen LogP contribution in [0.4, 0.5) is 5.82 Å². The maximum Gasteiger partial charge on any atom is 0.128 e. The van der Waals surface area contributed by atoms with Crippen LogP contribution in [0.15, 0.2) is 30.7 Å². The summed E-state index contributed by atoms with van der Waals surface area (Å²) in [6.45, 7) is 5.87. The SMILES string of the molecule is Clc1ccc(N2CCN(CCn3cc(Cl)cn3)CC2)nc1. The predicted octanol–water partition coefficient (Wildman–Crippen LogP) is 2.41. The molecule has 0 spiro atoms. The van der Waals surface area contributed by atoms with Crippen LogP contribution < -0.4 is 4.90 Å². The fourth-order valence-corrected chi connectivity index (χ4v) is 2.73. The summed E-state index contributed by atoms with van der Waals surface area (Å²) in [5.41, 5.74) is 0. The number of hydrogen-bond donors (Lipinski definition) is 0. The fourth-order valence-electron chi connectivity index (χ4n) is 2.46. The summed E-state index contributed by atoms with van der Waals surface area (Å²) in [7, 11) is 0. The molecule has 1 aliphatic heterocycles. The Balaban J connectivity index is 1.47. The Morgan fingerprint density at radius 1 is 0.952 bits per heavy atom. The molecule has 1 saturated heterocycles. The van der Waals surface area contributed by atoms with Crippen LogP contribution in [-0.2, 0) is 6.54 Å². The Hall–Kier alpha value is -1.30. The van der Waals surface area contributed by atoms with Crippen LogP contribution in [0.1, 0.15) is 0 Å². The van der Waals surface area contributed by atoms with Gasteiger partial charge in [0.25, 0.3) is 0 Å². The Morgan fingerprint density at radius 2 is 1.76 bits per heavy atom. The van der Waals surface area contributed by atoms with Crippen molar-refractivity contribution in [3.05, 3.63) is 40.8 Å². The second-order valence-electron chi connectivity index (χ2n) is 5.08. The Bertz CT molecular complexity index is 575. The minimum absolute atomic E-state index is 0.676. The smallest absolute Gasteiger partial charge is 0.128 e. The lowest BCUT2D eigenvalue weighted by Gasteiger charge is -2.35. The van der Waals surface area contributed by atoms with Crippen molar-refractivity contribution >= 4 is 29.0 Å². The summed E-state index contributed by atoms with van der Waals surface area (Å²) in [5, 5.41) is 5.56. The van der Waals surface area contributed by atoms with Crippen LogP contribution in [0.2, 0.25) is 10.0 Å². The fraction of sp³-hybridized carbons (Fsp3) is 0.429. The zero-order valence-electron chi connectivity index (χ0n) is 11.6. The van der Waals surface area contributed by atoms with Gasteiger partial charge in [-0.25, -0.2) is 4.98 Å². The molecule has 21 heavy (non-hydrogen) atoms. The highest BCUT2D eigenvalue weighted by Crippen LogP contribution is 2.16. The first-order chi connectivity index (χ1) is 10.2. The van der Waals surface area contributed by atoms with Gasteiger partial charge in [-0.05, 0) is 12.1 Å². The lowest BCUT2D eigenvalue weighted by molar-refractivity contribution is 0.244. The largest absolute Gasteiger partial charge is 0.354 e. The lowest BCUT2D eigenvalue weighted by Crippen LogP contribution is -2.47. The summed E-state index contributed by atoms with van der Waals surface area (Å²) in [6.07, 6.45) is 5.23. The maximum absolute atomic E-state index is 5.87. The first kappa shape index (κ1) is 14.6. The molecule has 0 saturated carbocycles. The molecule has 0 atom stereocenters. The maximum atomic E-state index is 5.87. The number of rotatable bonds is 4. The molecule has 1 fully saturated rings. The highest BCUT2D eigenvalue weighted by atomic mass is 35.5. The van der Waals surface area contributed by atoms with E-state index in [2.05, 4.69) is 19.9 Å². The van der Waals surface area contributed by atoms with Crippen LogP contribution >= 0.6 is 23.2 Å². The van der Waals surface area contributed by atoms with Gasteiger partial charge < -0.3 is 4.90 Å². The number of pyridine rings is 1. The average Bonchev–Trinajstić information content (AvgIpc) is 2.92. The summed E-state index contributed by atoms with van der Waals surface area (Å²) < 4.78 is 1.88. The van der Waals surface area contributed by atoms with E-state index < -0.39 is 0 Å². The minimum Gasteiger partial charge on any atom is -0.354 e. The first-order valence-electron chi connectivity index (χ1n) is 6.97. The Morgan fingerprint density at radius 3 is 2.38 bits per heavy atom. The van der Waals surface area contributed by atoms with E-state index in [0.29, 0.717) is 10.0 Å².